The molecule has 0 unspecified atom stereocenters. The van der Waals surface area contributed by atoms with Gasteiger partial charge in [0.05, 0.1) is 6.61 Å². The number of carbonyl (C=O) groups is 2. The summed E-state index contributed by atoms with van der Waals surface area (Å²) in [6, 6.07) is 10.1. The van der Waals surface area contributed by atoms with Gasteiger partial charge in [0, 0.05) is 23.5 Å². The van der Waals surface area contributed by atoms with Crippen molar-refractivity contribution < 1.29 is 14.3 Å². The highest BCUT2D eigenvalue weighted by molar-refractivity contribution is 6.06. The van der Waals surface area contributed by atoms with Crippen molar-refractivity contribution >= 4 is 17.5 Å². The van der Waals surface area contributed by atoms with E-state index in [1.54, 1.807) is 36.4 Å². The Morgan fingerprint density at radius 3 is 2.38 bits per heavy atom. The van der Waals surface area contributed by atoms with Crippen molar-refractivity contribution in [2.24, 2.45) is 0 Å². The van der Waals surface area contributed by atoms with Crippen molar-refractivity contribution in [2.75, 3.05) is 18.5 Å². The number of aryl methyl sites for hydroxylation is 1. The number of hydrogen-bond acceptors (Lipinski definition) is 4. The Morgan fingerprint density at radius 1 is 1.04 bits per heavy atom. The normalized spacial score (nSPS) is 10.1. The Hall–Kier alpha value is -2.89. The number of benzene rings is 1. The predicted molar refractivity (Wildman–Crippen MR) is 92.5 cm³/mol. The SMILES string of the molecule is CCNC(=O)c1ccc(NC(=O)c2ccc(C)nc2OCC)cc1. The lowest BCUT2D eigenvalue weighted by Gasteiger charge is -2.11. The molecule has 0 saturated heterocycles. The van der Waals surface area contributed by atoms with Crippen LogP contribution >= 0.6 is 0 Å². The summed E-state index contributed by atoms with van der Waals surface area (Å²) < 4.78 is 5.43. The van der Waals surface area contributed by atoms with Gasteiger partial charge in [-0.1, -0.05) is 0 Å². The molecule has 2 aromatic rings. The Kier molecular flexibility index (Phi) is 5.89. The molecule has 6 heteroatoms. The molecular formula is C18H21N3O3. The van der Waals surface area contributed by atoms with Gasteiger partial charge in [-0.3, -0.25) is 9.59 Å². The van der Waals surface area contributed by atoms with Crippen LogP contribution in [-0.2, 0) is 0 Å². The van der Waals surface area contributed by atoms with Crippen LogP contribution in [0.15, 0.2) is 36.4 Å². The number of aromatic nitrogens is 1. The number of nitrogens with zero attached hydrogens (tertiary/aromatic N) is 1. The molecule has 2 N–H and O–H groups in total. The fourth-order valence-corrected chi connectivity index (χ4v) is 2.12. The van der Waals surface area contributed by atoms with E-state index in [-0.39, 0.29) is 11.8 Å². The molecule has 2 amide bonds. The number of hydrogen-bond donors (Lipinski definition) is 2. The number of carbonyl (C=O) groups excluding carboxylic acids is 2. The first-order chi connectivity index (χ1) is 11.5. The molecule has 1 aromatic carbocycles. The zero-order valence-electron chi connectivity index (χ0n) is 14.1. The average Bonchev–Trinajstić information content (AvgIpc) is 2.56. The third kappa shape index (κ3) is 4.32. The second-order valence-electron chi connectivity index (χ2n) is 5.13. The fraction of sp³-hybridized carbons (Fsp3) is 0.278. The van der Waals surface area contributed by atoms with Crippen molar-refractivity contribution in [3.8, 4) is 5.88 Å². The van der Waals surface area contributed by atoms with Crippen molar-refractivity contribution in [1.29, 1.82) is 0 Å². The van der Waals surface area contributed by atoms with E-state index in [4.69, 9.17) is 4.74 Å². The van der Waals surface area contributed by atoms with E-state index >= 15 is 0 Å². The molecule has 0 bridgehead atoms. The van der Waals surface area contributed by atoms with E-state index in [0.717, 1.165) is 5.69 Å². The molecule has 126 valence electrons. The third-order valence-corrected chi connectivity index (χ3v) is 3.27. The van der Waals surface area contributed by atoms with Crippen LogP contribution in [-0.4, -0.2) is 29.9 Å². The van der Waals surface area contributed by atoms with Gasteiger partial charge in [0.25, 0.3) is 11.8 Å². The monoisotopic (exact) mass is 327 g/mol. The van der Waals surface area contributed by atoms with Crippen LogP contribution in [0.5, 0.6) is 5.88 Å². The lowest BCUT2D eigenvalue weighted by Crippen LogP contribution is -2.22. The molecule has 0 aliphatic carbocycles. The summed E-state index contributed by atoms with van der Waals surface area (Å²) in [5, 5.41) is 5.51. The zero-order valence-corrected chi connectivity index (χ0v) is 14.1. The lowest BCUT2D eigenvalue weighted by molar-refractivity contribution is 0.0955. The predicted octanol–water partition coefficient (Wildman–Crippen LogP) is 2.79. The minimum atomic E-state index is -0.309. The van der Waals surface area contributed by atoms with Crippen LogP contribution in [0.4, 0.5) is 5.69 Å². The Bertz CT molecular complexity index is 727. The number of nitrogens with one attached hydrogen (secondary N) is 2. The Morgan fingerprint density at radius 2 is 1.75 bits per heavy atom. The van der Waals surface area contributed by atoms with Gasteiger partial charge in [0.2, 0.25) is 5.88 Å². The molecule has 0 atom stereocenters. The molecule has 1 heterocycles. The molecule has 0 fully saturated rings. The maximum absolute atomic E-state index is 12.4. The second-order valence-corrected chi connectivity index (χ2v) is 5.13. The van der Waals surface area contributed by atoms with E-state index < -0.39 is 0 Å². The first kappa shape index (κ1) is 17.5. The van der Waals surface area contributed by atoms with Gasteiger partial charge in [-0.05, 0) is 57.2 Å². The molecule has 0 spiro atoms. The average molecular weight is 327 g/mol. The highest BCUT2D eigenvalue weighted by atomic mass is 16.5. The first-order valence-electron chi connectivity index (χ1n) is 7.85. The van der Waals surface area contributed by atoms with Crippen molar-refractivity contribution in [3.05, 3.63) is 53.2 Å². The van der Waals surface area contributed by atoms with Crippen LogP contribution in [0, 0.1) is 6.92 Å². The van der Waals surface area contributed by atoms with Crippen molar-refractivity contribution in [3.63, 3.8) is 0 Å². The van der Waals surface area contributed by atoms with Crippen molar-refractivity contribution in [2.45, 2.75) is 20.8 Å². The molecule has 0 aliphatic heterocycles. The minimum absolute atomic E-state index is 0.142. The van der Waals surface area contributed by atoms with E-state index in [1.165, 1.54) is 0 Å². The number of pyridine rings is 1. The van der Waals surface area contributed by atoms with Gasteiger partial charge in [0.1, 0.15) is 5.56 Å². The van der Waals surface area contributed by atoms with Gasteiger partial charge in [0.15, 0.2) is 0 Å². The van der Waals surface area contributed by atoms with Gasteiger partial charge in [-0.15, -0.1) is 0 Å². The standard InChI is InChI=1S/C18H21N3O3/c1-4-19-16(22)13-7-9-14(10-8-13)21-17(23)15-11-6-12(3)20-18(15)24-5-2/h6-11H,4-5H2,1-3H3,(H,19,22)(H,21,23). The van der Waals surface area contributed by atoms with Crippen LogP contribution in [0.2, 0.25) is 0 Å². The molecule has 0 radical (unpaired) electrons. The summed E-state index contributed by atoms with van der Waals surface area (Å²) in [5.41, 5.74) is 2.29. The maximum atomic E-state index is 12.4. The number of rotatable bonds is 6. The molecule has 0 saturated carbocycles. The van der Waals surface area contributed by atoms with Crippen LogP contribution in [0.3, 0.4) is 0 Å². The number of anilines is 1. The van der Waals surface area contributed by atoms with Crippen LogP contribution in [0.1, 0.15) is 40.3 Å². The summed E-state index contributed by atoms with van der Waals surface area (Å²) in [5.74, 6) is -0.137. The van der Waals surface area contributed by atoms with Crippen LogP contribution in [0.25, 0.3) is 0 Å². The summed E-state index contributed by atoms with van der Waals surface area (Å²) in [6.45, 7) is 6.53. The molecule has 2 rings (SSSR count). The van der Waals surface area contributed by atoms with E-state index in [9.17, 15) is 9.59 Å². The lowest BCUT2D eigenvalue weighted by atomic mass is 10.1. The highest BCUT2D eigenvalue weighted by Crippen LogP contribution is 2.19. The Labute approximate surface area is 141 Å². The molecular weight excluding hydrogens is 306 g/mol. The van der Waals surface area contributed by atoms with Gasteiger partial charge in [-0.25, -0.2) is 4.98 Å². The first-order valence-corrected chi connectivity index (χ1v) is 7.85. The quantitative estimate of drug-likeness (QED) is 0.855. The van der Waals surface area contributed by atoms with Crippen molar-refractivity contribution in [1.82, 2.24) is 10.3 Å². The Balaban J connectivity index is 2.14. The zero-order chi connectivity index (χ0) is 17.5. The summed E-state index contributed by atoms with van der Waals surface area (Å²) in [7, 11) is 0. The number of amides is 2. The third-order valence-electron chi connectivity index (χ3n) is 3.27. The van der Waals surface area contributed by atoms with Gasteiger partial charge < -0.3 is 15.4 Å². The summed E-state index contributed by atoms with van der Waals surface area (Å²) >= 11 is 0. The maximum Gasteiger partial charge on any atom is 0.261 e. The topological polar surface area (TPSA) is 80.3 Å². The molecule has 0 aliphatic rings. The van der Waals surface area contributed by atoms with E-state index in [1.807, 2.05) is 20.8 Å². The molecule has 1 aromatic heterocycles. The fourth-order valence-electron chi connectivity index (χ4n) is 2.12. The van der Waals surface area contributed by atoms with Crippen LogP contribution < -0.4 is 15.4 Å². The largest absolute Gasteiger partial charge is 0.477 e. The van der Waals surface area contributed by atoms with E-state index in [0.29, 0.717) is 35.8 Å². The van der Waals surface area contributed by atoms with Gasteiger partial charge >= 0.3 is 0 Å². The smallest absolute Gasteiger partial charge is 0.261 e. The summed E-state index contributed by atoms with van der Waals surface area (Å²) in [4.78, 5) is 28.4. The second kappa shape index (κ2) is 8.10. The van der Waals surface area contributed by atoms with Gasteiger partial charge in [-0.2, -0.15) is 0 Å². The molecule has 6 nitrogen and oxygen atoms in total. The summed E-state index contributed by atoms with van der Waals surface area (Å²) in [6.07, 6.45) is 0. The number of ether oxygens (including phenoxy) is 1. The minimum Gasteiger partial charge on any atom is -0.477 e. The molecule has 24 heavy (non-hydrogen) atoms. The van der Waals surface area contributed by atoms with E-state index in [2.05, 4.69) is 15.6 Å². The highest BCUT2D eigenvalue weighted by Gasteiger charge is 2.14.